The molecule has 0 aliphatic rings. The molecule has 3 aromatic rings. The van der Waals surface area contributed by atoms with Gasteiger partial charge in [-0.1, -0.05) is 23.4 Å². The van der Waals surface area contributed by atoms with Crippen LogP contribution in [0.15, 0.2) is 52.6 Å². The maximum atomic E-state index is 13.5. The zero-order chi connectivity index (χ0) is 19.4. The molecule has 0 aliphatic carbocycles. The van der Waals surface area contributed by atoms with E-state index in [-0.39, 0.29) is 22.8 Å². The molecule has 0 radical (unpaired) electrons. The standard InChI is InChI=1S/C16H14F3N7S/c17-16(18,19)14(22-10-4-2-1-3-5-10)9(7-20)8-27-11-6-12(21)23-15-13(11)24-26-25-15/h1-7,20,22H,8H2,(H3,21,23,24,25,26)/b14-9+,20-7?. The Morgan fingerprint density at radius 2 is 2.04 bits per heavy atom. The van der Waals surface area contributed by atoms with Crippen LogP contribution in [0.4, 0.5) is 24.7 Å². The zero-order valence-electron chi connectivity index (χ0n) is 13.7. The molecule has 2 aromatic heterocycles. The number of allylic oxidation sites excluding steroid dienone is 1. The molecule has 0 bridgehead atoms. The summed E-state index contributed by atoms with van der Waals surface area (Å²) in [6.07, 6.45) is -3.96. The predicted molar refractivity (Wildman–Crippen MR) is 98.7 cm³/mol. The summed E-state index contributed by atoms with van der Waals surface area (Å²) in [7, 11) is 0. The highest BCUT2D eigenvalue weighted by molar-refractivity contribution is 7.99. The van der Waals surface area contributed by atoms with Crippen LogP contribution in [-0.4, -0.2) is 38.5 Å². The summed E-state index contributed by atoms with van der Waals surface area (Å²) in [5, 5.41) is 19.9. The molecule has 7 nitrogen and oxygen atoms in total. The smallest absolute Gasteiger partial charge is 0.384 e. The zero-order valence-corrected chi connectivity index (χ0v) is 14.5. The summed E-state index contributed by atoms with van der Waals surface area (Å²) >= 11 is 1.06. The molecule has 27 heavy (non-hydrogen) atoms. The molecule has 3 rings (SSSR count). The lowest BCUT2D eigenvalue weighted by Gasteiger charge is -2.17. The molecule has 0 spiro atoms. The number of nitrogens with one attached hydrogen (secondary N) is 3. The number of pyridine rings is 1. The molecule has 0 saturated heterocycles. The number of benzene rings is 1. The first-order valence-electron chi connectivity index (χ1n) is 7.61. The van der Waals surface area contributed by atoms with Gasteiger partial charge in [-0.05, 0) is 18.2 Å². The predicted octanol–water partition coefficient (Wildman–Crippen LogP) is 3.61. The maximum Gasteiger partial charge on any atom is 0.431 e. The van der Waals surface area contributed by atoms with Crippen LogP contribution in [0.2, 0.25) is 0 Å². The summed E-state index contributed by atoms with van der Waals surface area (Å²) in [5.74, 6) is 0.0683. The van der Waals surface area contributed by atoms with Crippen molar-refractivity contribution in [3.05, 3.63) is 47.7 Å². The molecule has 0 amide bonds. The summed E-state index contributed by atoms with van der Waals surface area (Å²) < 4.78 is 40.6. The van der Waals surface area contributed by atoms with Gasteiger partial charge in [0.1, 0.15) is 17.0 Å². The molecule has 0 saturated carbocycles. The molecule has 0 fully saturated rings. The van der Waals surface area contributed by atoms with Crippen molar-refractivity contribution in [1.29, 1.82) is 5.41 Å². The van der Waals surface area contributed by atoms with Crippen LogP contribution >= 0.6 is 11.8 Å². The molecule has 140 valence electrons. The van der Waals surface area contributed by atoms with Crippen LogP contribution in [0.1, 0.15) is 0 Å². The Labute approximate surface area is 155 Å². The lowest BCUT2D eigenvalue weighted by Crippen LogP contribution is -2.22. The second-order valence-electron chi connectivity index (χ2n) is 5.38. The van der Waals surface area contributed by atoms with Gasteiger partial charge >= 0.3 is 6.18 Å². The van der Waals surface area contributed by atoms with Crippen molar-refractivity contribution in [3.63, 3.8) is 0 Å². The van der Waals surface area contributed by atoms with Crippen LogP contribution in [0, 0.1) is 5.41 Å². The minimum Gasteiger partial charge on any atom is -0.384 e. The van der Waals surface area contributed by atoms with E-state index in [0.29, 0.717) is 22.3 Å². The van der Waals surface area contributed by atoms with Gasteiger partial charge in [-0.25, -0.2) is 10.1 Å². The first-order chi connectivity index (χ1) is 12.9. The average Bonchev–Trinajstić information content (AvgIpc) is 3.09. The molecule has 0 atom stereocenters. The molecular formula is C16H14F3N7S. The summed E-state index contributed by atoms with van der Waals surface area (Å²) in [6.45, 7) is 0. The monoisotopic (exact) mass is 393 g/mol. The first-order valence-corrected chi connectivity index (χ1v) is 8.60. The van der Waals surface area contributed by atoms with E-state index in [9.17, 15) is 13.2 Å². The molecule has 0 unspecified atom stereocenters. The fraction of sp³-hybridized carbons (Fsp3) is 0.125. The highest BCUT2D eigenvalue weighted by Gasteiger charge is 2.36. The second kappa shape index (κ2) is 7.66. The SMILES string of the molecule is N=C/C(CSc1cc(N)nc2[nH]nnc12)=C(\Nc1ccccc1)C(F)(F)F. The Morgan fingerprint density at radius 1 is 1.30 bits per heavy atom. The Bertz CT molecular complexity index is 983. The van der Waals surface area contributed by atoms with E-state index < -0.39 is 11.9 Å². The van der Waals surface area contributed by atoms with Crippen molar-refractivity contribution in [3.8, 4) is 0 Å². The van der Waals surface area contributed by atoms with Crippen LogP contribution < -0.4 is 11.1 Å². The number of nitrogen functional groups attached to an aromatic ring is 1. The summed E-state index contributed by atoms with van der Waals surface area (Å²) in [4.78, 5) is 4.53. The number of H-pyrrole nitrogens is 1. The highest BCUT2D eigenvalue weighted by Crippen LogP contribution is 2.33. The Kier molecular flexibility index (Phi) is 5.31. The van der Waals surface area contributed by atoms with E-state index in [2.05, 4.69) is 25.7 Å². The van der Waals surface area contributed by atoms with Crippen LogP contribution in [-0.2, 0) is 0 Å². The van der Waals surface area contributed by atoms with E-state index in [1.54, 1.807) is 18.2 Å². The van der Waals surface area contributed by atoms with Gasteiger partial charge in [0.05, 0.1) is 0 Å². The molecule has 0 aliphatic heterocycles. The minimum atomic E-state index is -4.65. The van der Waals surface area contributed by atoms with Crippen molar-refractivity contribution >= 4 is 40.6 Å². The van der Waals surface area contributed by atoms with E-state index in [4.69, 9.17) is 11.1 Å². The molecule has 11 heteroatoms. The lowest BCUT2D eigenvalue weighted by molar-refractivity contribution is -0.0906. The fourth-order valence-corrected chi connectivity index (χ4v) is 3.30. The number of rotatable bonds is 6. The van der Waals surface area contributed by atoms with E-state index in [1.807, 2.05) is 0 Å². The van der Waals surface area contributed by atoms with E-state index in [1.165, 1.54) is 18.2 Å². The highest BCUT2D eigenvalue weighted by atomic mass is 32.2. The van der Waals surface area contributed by atoms with Crippen molar-refractivity contribution in [2.75, 3.05) is 16.8 Å². The number of anilines is 2. The van der Waals surface area contributed by atoms with Gasteiger partial charge < -0.3 is 16.5 Å². The minimum absolute atomic E-state index is 0.121. The number of hydrogen-bond donors (Lipinski definition) is 4. The quantitative estimate of drug-likeness (QED) is 0.376. The number of nitrogens with two attached hydrogens (primary N) is 1. The number of fused-ring (bicyclic) bond motifs is 1. The molecule has 5 N–H and O–H groups in total. The van der Waals surface area contributed by atoms with Gasteiger partial charge in [-0.2, -0.15) is 13.2 Å². The van der Waals surface area contributed by atoms with Crippen LogP contribution in [0.3, 0.4) is 0 Å². The van der Waals surface area contributed by atoms with Gasteiger partial charge in [0.2, 0.25) is 0 Å². The molecular weight excluding hydrogens is 379 g/mol. The maximum absolute atomic E-state index is 13.5. The van der Waals surface area contributed by atoms with Crippen molar-refractivity contribution in [2.45, 2.75) is 11.1 Å². The van der Waals surface area contributed by atoms with Gasteiger partial charge in [0.15, 0.2) is 5.65 Å². The molecule has 2 heterocycles. The first kappa shape index (κ1) is 18.7. The third-order valence-corrected chi connectivity index (χ3v) is 4.57. The summed E-state index contributed by atoms with van der Waals surface area (Å²) in [5.41, 5.74) is 5.52. The Morgan fingerprint density at radius 3 is 2.70 bits per heavy atom. The van der Waals surface area contributed by atoms with Gasteiger partial charge in [-0.3, -0.25) is 0 Å². The van der Waals surface area contributed by atoms with E-state index in [0.717, 1.165) is 11.8 Å². The summed E-state index contributed by atoms with van der Waals surface area (Å²) in [6, 6.07) is 9.49. The fourth-order valence-electron chi connectivity index (χ4n) is 2.28. The third kappa shape index (κ3) is 4.37. The molecule has 1 aromatic carbocycles. The second-order valence-corrected chi connectivity index (χ2v) is 6.39. The number of aromatic amines is 1. The van der Waals surface area contributed by atoms with E-state index >= 15 is 0 Å². The number of para-hydroxylation sites is 1. The largest absolute Gasteiger partial charge is 0.431 e. The number of thioether (sulfide) groups is 1. The lowest BCUT2D eigenvalue weighted by atomic mass is 10.2. The number of hydrogen-bond acceptors (Lipinski definition) is 7. The average molecular weight is 393 g/mol. The van der Waals surface area contributed by atoms with Crippen molar-refractivity contribution in [1.82, 2.24) is 20.4 Å². The third-order valence-electron chi connectivity index (χ3n) is 3.49. The number of halogens is 3. The number of alkyl halides is 3. The van der Waals surface area contributed by atoms with Gasteiger partial charge in [-0.15, -0.1) is 16.9 Å². The van der Waals surface area contributed by atoms with Crippen molar-refractivity contribution in [2.24, 2.45) is 0 Å². The topological polar surface area (TPSA) is 116 Å². The normalized spacial score (nSPS) is 12.7. The Hall–Kier alpha value is -3.08. The van der Waals surface area contributed by atoms with Crippen LogP contribution in [0.25, 0.3) is 11.2 Å². The Balaban J connectivity index is 1.92. The van der Waals surface area contributed by atoms with Crippen LogP contribution in [0.5, 0.6) is 0 Å². The number of aromatic nitrogens is 4. The van der Waals surface area contributed by atoms with Gasteiger partial charge in [0, 0.05) is 28.1 Å². The van der Waals surface area contributed by atoms with Gasteiger partial charge in [0.25, 0.3) is 0 Å². The number of nitrogens with zero attached hydrogens (tertiary/aromatic N) is 3. The van der Waals surface area contributed by atoms with Crippen molar-refractivity contribution < 1.29 is 13.2 Å².